The summed E-state index contributed by atoms with van der Waals surface area (Å²) in [4.78, 5) is 7.69. The van der Waals surface area contributed by atoms with Crippen molar-refractivity contribution in [2.24, 2.45) is 0 Å². The lowest BCUT2D eigenvalue weighted by molar-refractivity contribution is 0.886. The zero-order valence-corrected chi connectivity index (χ0v) is 16.6. The van der Waals surface area contributed by atoms with Crippen molar-refractivity contribution in [1.29, 1.82) is 0 Å². The van der Waals surface area contributed by atoms with E-state index in [1.54, 1.807) is 24.8 Å². The van der Waals surface area contributed by atoms with Crippen LogP contribution in [0.5, 0.6) is 0 Å². The number of rotatable bonds is 1. The van der Waals surface area contributed by atoms with Crippen molar-refractivity contribution in [2.75, 3.05) is 0 Å². The standard InChI is InChI=1S/2C6H7N.C4H10.C3H8.C2H6/c2*1-6-2-4-7-5-3-6;1-3-4-2;1-3-2;1-2/h2*2-5H,1H3;3-4H2,1-2H3;3H2,1-2H3;1-2H3. The Balaban J connectivity index is -0.000000236. The minimum Gasteiger partial charge on any atom is -0.265 e. The molecule has 0 aliphatic carbocycles. The number of aromatic nitrogens is 2. The van der Waals surface area contributed by atoms with Gasteiger partial charge in [0, 0.05) is 24.8 Å². The Morgan fingerprint density at radius 2 is 0.826 bits per heavy atom. The minimum atomic E-state index is 1.25. The maximum absolute atomic E-state index is 3.85. The van der Waals surface area contributed by atoms with E-state index >= 15 is 0 Å². The van der Waals surface area contributed by atoms with Gasteiger partial charge in [-0.1, -0.05) is 60.8 Å². The second-order valence-electron chi connectivity index (χ2n) is 4.76. The average Bonchev–Trinajstić information content (AvgIpc) is 2.60. The Hall–Kier alpha value is -1.70. The monoisotopic (exact) mass is 318 g/mol. The van der Waals surface area contributed by atoms with Crippen molar-refractivity contribution in [3.05, 3.63) is 60.2 Å². The molecule has 0 saturated carbocycles. The van der Waals surface area contributed by atoms with E-state index in [9.17, 15) is 0 Å². The van der Waals surface area contributed by atoms with Crippen LogP contribution in [0.4, 0.5) is 0 Å². The maximum atomic E-state index is 3.85. The first-order valence-electron chi connectivity index (χ1n) is 8.85. The molecule has 0 spiro atoms. The molecule has 2 rings (SSSR count). The molecule has 132 valence electrons. The minimum absolute atomic E-state index is 1.25. The van der Waals surface area contributed by atoms with E-state index in [0.29, 0.717) is 0 Å². The summed E-state index contributed by atoms with van der Waals surface area (Å²) < 4.78 is 0. The molecule has 0 bridgehead atoms. The van der Waals surface area contributed by atoms with E-state index in [0.717, 1.165) is 0 Å². The molecule has 0 atom stereocenters. The van der Waals surface area contributed by atoms with Crippen LogP contribution in [-0.4, -0.2) is 9.97 Å². The summed E-state index contributed by atoms with van der Waals surface area (Å²) in [7, 11) is 0. The van der Waals surface area contributed by atoms with E-state index in [2.05, 4.69) is 37.7 Å². The van der Waals surface area contributed by atoms with Crippen LogP contribution < -0.4 is 0 Å². The molecule has 0 amide bonds. The highest BCUT2D eigenvalue weighted by molar-refractivity contribution is 5.06. The van der Waals surface area contributed by atoms with Gasteiger partial charge in [-0.25, -0.2) is 0 Å². The molecule has 2 aromatic rings. The van der Waals surface area contributed by atoms with Crippen LogP contribution in [0.1, 0.15) is 71.9 Å². The van der Waals surface area contributed by atoms with Gasteiger partial charge >= 0.3 is 0 Å². The molecule has 0 aromatic carbocycles. The van der Waals surface area contributed by atoms with Crippen molar-refractivity contribution in [2.45, 2.75) is 74.7 Å². The summed E-state index contributed by atoms with van der Waals surface area (Å²) >= 11 is 0. The molecule has 0 aliphatic heterocycles. The molecule has 0 N–H and O–H groups in total. The Labute approximate surface area is 145 Å². The first kappa shape index (κ1) is 26.2. The second kappa shape index (κ2) is 25.3. The number of nitrogens with zero attached hydrogens (tertiary/aromatic N) is 2. The molecule has 2 heterocycles. The largest absolute Gasteiger partial charge is 0.265 e. The molecule has 0 aliphatic rings. The van der Waals surface area contributed by atoms with Crippen molar-refractivity contribution in [1.82, 2.24) is 9.97 Å². The van der Waals surface area contributed by atoms with Gasteiger partial charge in [0.2, 0.25) is 0 Å². The van der Waals surface area contributed by atoms with Gasteiger partial charge in [0.05, 0.1) is 0 Å². The molecule has 23 heavy (non-hydrogen) atoms. The van der Waals surface area contributed by atoms with Crippen molar-refractivity contribution in [3.63, 3.8) is 0 Å². The van der Waals surface area contributed by atoms with Gasteiger partial charge < -0.3 is 0 Å². The highest BCUT2D eigenvalue weighted by Gasteiger charge is 1.73. The van der Waals surface area contributed by atoms with Gasteiger partial charge in [-0.15, -0.1) is 0 Å². The highest BCUT2D eigenvalue weighted by Crippen LogP contribution is 1.89. The quantitative estimate of drug-likeness (QED) is 0.564. The molecule has 2 nitrogen and oxygen atoms in total. The summed E-state index contributed by atoms with van der Waals surface area (Å²) in [6.45, 7) is 16.7. The maximum Gasteiger partial charge on any atom is 0.0270 e. The van der Waals surface area contributed by atoms with Gasteiger partial charge in [0.25, 0.3) is 0 Å². The van der Waals surface area contributed by atoms with Gasteiger partial charge in [-0.05, 0) is 49.2 Å². The number of hydrogen-bond donors (Lipinski definition) is 0. The predicted molar refractivity (Wildman–Crippen MR) is 106 cm³/mol. The summed E-state index contributed by atoms with van der Waals surface area (Å²) in [5, 5.41) is 0. The van der Waals surface area contributed by atoms with Crippen molar-refractivity contribution >= 4 is 0 Å². The summed E-state index contributed by atoms with van der Waals surface area (Å²) in [5.74, 6) is 0. The first-order chi connectivity index (χ1) is 11.1. The predicted octanol–water partition coefficient (Wildman–Crippen LogP) is 7.03. The third kappa shape index (κ3) is 29.0. The van der Waals surface area contributed by atoms with Crippen LogP contribution in [0.3, 0.4) is 0 Å². The number of pyridine rings is 2. The SMILES string of the molecule is CC.CCC.CCCC.Cc1ccncc1.Cc1ccncc1. The second-order valence-corrected chi connectivity index (χ2v) is 4.76. The first-order valence-corrected chi connectivity index (χ1v) is 8.85. The van der Waals surface area contributed by atoms with Crippen LogP contribution >= 0.6 is 0 Å². The Morgan fingerprint density at radius 3 is 0.913 bits per heavy atom. The van der Waals surface area contributed by atoms with Gasteiger partial charge in [-0.2, -0.15) is 0 Å². The van der Waals surface area contributed by atoms with Gasteiger partial charge in [-0.3, -0.25) is 9.97 Å². The normalized spacial score (nSPS) is 7.65. The van der Waals surface area contributed by atoms with E-state index < -0.39 is 0 Å². The number of hydrogen-bond acceptors (Lipinski definition) is 2. The fourth-order valence-corrected chi connectivity index (χ4v) is 0.853. The van der Waals surface area contributed by atoms with Crippen LogP contribution in [0.25, 0.3) is 0 Å². The summed E-state index contributed by atoms with van der Waals surface area (Å²) in [6, 6.07) is 7.89. The van der Waals surface area contributed by atoms with Gasteiger partial charge in [0.15, 0.2) is 0 Å². The van der Waals surface area contributed by atoms with Crippen LogP contribution in [-0.2, 0) is 0 Å². The van der Waals surface area contributed by atoms with Crippen molar-refractivity contribution < 1.29 is 0 Å². The van der Waals surface area contributed by atoms with E-state index in [-0.39, 0.29) is 0 Å². The zero-order chi connectivity index (χ0) is 18.3. The molecular formula is C21H38N2. The molecule has 0 unspecified atom stereocenters. The van der Waals surface area contributed by atoms with Crippen LogP contribution in [0.15, 0.2) is 49.1 Å². The van der Waals surface area contributed by atoms with E-state index in [4.69, 9.17) is 0 Å². The van der Waals surface area contributed by atoms with Crippen LogP contribution in [0.2, 0.25) is 0 Å². The molecule has 2 heteroatoms. The lowest BCUT2D eigenvalue weighted by atomic mass is 10.3. The molecule has 2 aromatic heterocycles. The van der Waals surface area contributed by atoms with E-state index in [1.807, 2.05) is 52.0 Å². The zero-order valence-electron chi connectivity index (χ0n) is 16.6. The number of aryl methyl sites for hydroxylation is 2. The summed E-state index contributed by atoms with van der Waals surface area (Å²) in [5.41, 5.74) is 2.52. The van der Waals surface area contributed by atoms with Crippen LogP contribution in [0, 0.1) is 13.8 Å². The third-order valence-corrected chi connectivity index (χ3v) is 2.19. The lowest BCUT2D eigenvalue weighted by Crippen LogP contribution is -1.68. The smallest absolute Gasteiger partial charge is 0.0270 e. The topological polar surface area (TPSA) is 25.8 Å². The number of unbranched alkanes of at least 4 members (excludes halogenated alkanes) is 1. The van der Waals surface area contributed by atoms with Crippen molar-refractivity contribution in [3.8, 4) is 0 Å². The molecule has 0 radical (unpaired) electrons. The van der Waals surface area contributed by atoms with E-state index in [1.165, 1.54) is 30.4 Å². The van der Waals surface area contributed by atoms with Gasteiger partial charge in [0.1, 0.15) is 0 Å². The highest BCUT2D eigenvalue weighted by atomic mass is 14.6. The molecule has 0 saturated heterocycles. The third-order valence-electron chi connectivity index (χ3n) is 2.19. The Kier molecular flexibility index (Phi) is 28.8. The Morgan fingerprint density at radius 1 is 0.609 bits per heavy atom. The summed E-state index contributed by atoms with van der Waals surface area (Å²) in [6.07, 6.45) is 11.0. The fraction of sp³-hybridized carbons (Fsp3) is 0.524. The fourth-order valence-electron chi connectivity index (χ4n) is 0.853. The molecule has 0 fully saturated rings. The lowest BCUT2D eigenvalue weighted by Gasteiger charge is -1.82. The average molecular weight is 319 g/mol. The molecular weight excluding hydrogens is 280 g/mol. The Bertz CT molecular complexity index is 346.